The Morgan fingerprint density at radius 2 is 1.22 bits per heavy atom. The van der Waals surface area contributed by atoms with E-state index in [0.717, 1.165) is 114 Å². The van der Waals surface area contributed by atoms with Crippen molar-refractivity contribution in [1.82, 2.24) is 25.3 Å². The molecule has 6 aromatic heterocycles. The number of aliphatic hydroxyl groups excluding tert-OH is 1. The summed E-state index contributed by atoms with van der Waals surface area (Å²) in [6, 6.07) is 20.0. The summed E-state index contributed by atoms with van der Waals surface area (Å²) in [5.74, 6) is 1.89. The fourth-order valence-electron chi connectivity index (χ4n) is 6.30. The molecule has 8 N–H and O–H groups in total. The molecular formula is C44H46N8O2S6. The van der Waals surface area contributed by atoms with E-state index in [0.29, 0.717) is 12.1 Å². The molecule has 0 atom stereocenters. The van der Waals surface area contributed by atoms with Gasteiger partial charge >= 0.3 is 0 Å². The van der Waals surface area contributed by atoms with Crippen LogP contribution >= 0.6 is 68.9 Å². The highest BCUT2D eigenvalue weighted by Crippen LogP contribution is 2.47. The molecule has 8 aromatic rings. The SMILES string of the molecule is CCCCSc1sc2nc(-c3nccs3)cc(-c3ccc(C(=O)NCCO)cc3)c2c1N.CCCCSc1sc2nc(-c3nccs3)cc(-c3ccc(CN)cc3)c2c1N. The molecule has 2 aromatic carbocycles. The van der Waals surface area contributed by atoms with Crippen LogP contribution in [0.2, 0.25) is 0 Å². The van der Waals surface area contributed by atoms with E-state index in [1.807, 2.05) is 46.9 Å². The molecule has 0 aliphatic heterocycles. The lowest BCUT2D eigenvalue weighted by atomic mass is 10.0. The average Bonchev–Trinajstić information content (AvgIpc) is 4.12. The maximum Gasteiger partial charge on any atom is 0.251 e. The van der Waals surface area contributed by atoms with Gasteiger partial charge in [-0.15, -0.1) is 68.9 Å². The number of unbranched alkanes of at least 4 members (excludes halogenated alkanes) is 2. The number of thioether (sulfide) groups is 2. The average molecular weight is 911 g/mol. The van der Waals surface area contributed by atoms with E-state index in [9.17, 15) is 4.79 Å². The first-order valence-electron chi connectivity index (χ1n) is 19.6. The summed E-state index contributed by atoms with van der Waals surface area (Å²) in [6.45, 7) is 5.07. The third-order valence-corrected chi connectivity index (χ3v) is 16.0. The molecule has 0 spiro atoms. The van der Waals surface area contributed by atoms with Gasteiger partial charge < -0.3 is 27.6 Å². The van der Waals surface area contributed by atoms with Crippen LogP contribution in [-0.2, 0) is 6.54 Å². The lowest BCUT2D eigenvalue weighted by Gasteiger charge is -2.09. The molecule has 0 radical (unpaired) electrons. The molecule has 0 saturated carbocycles. The van der Waals surface area contributed by atoms with Crippen LogP contribution in [0.1, 0.15) is 55.5 Å². The van der Waals surface area contributed by atoms with Crippen LogP contribution in [-0.4, -0.2) is 55.6 Å². The number of amides is 1. The Kier molecular flexibility index (Phi) is 15.2. The zero-order valence-corrected chi connectivity index (χ0v) is 38.2. The first kappa shape index (κ1) is 43.7. The van der Waals surface area contributed by atoms with Crippen LogP contribution in [0.25, 0.3) is 64.1 Å². The molecule has 0 saturated heterocycles. The first-order chi connectivity index (χ1) is 29.3. The van der Waals surface area contributed by atoms with Crippen LogP contribution in [0.4, 0.5) is 11.4 Å². The molecule has 0 aliphatic carbocycles. The van der Waals surface area contributed by atoms with E-state index in [2.05, 4.69) is 59.5 Å². The van der Waals surface area contributed by atoms with Crippen LogP contribution in [0.3, 0.4) is 0 Å². The quantitative estimate of drug-likeness (QED) is 0.0460. The number of thiophene rings is 2. The monoisotopic (exact) mass is 910 g/mol. The highest BCUT2D eigenvalue weighted by atomic mass is 32.2. The topological polar surface area (TPSA) is 179 Å². The van der Waals surface area contributed by atoms with Crippen molar-refractivity contribution in [3.05, 3.63) is 94.9 Å². The zero-order chi connectivity index (χ0) is 42.0. The van der Waals surface area contributed by atoms with Crippen molar-refractivity contribution in [2.75, 3.05) is 36.1 Å². The highest BCUT2D eigenvalue weighted by molar-refractivity contribution is 8.01. The van der Waals surface area contributed by atoms with E-state index in [-0.39, 0.29) is 19.1 Å². The Morgan fingerprint density at radius 3 is 1.63 bits per heavy atom. The second kappa shape index (κ2) is 20.9. The van der Waals surface area contributed by atoms with E-state index in [1.165, 1.54) is 12.8 Å². The number of fused-ring (bicyclic) bond motifs is 2. The Morgan fingerprint density at radius 1 is 0.733 bits per heavy atom. The van der Waals surface area contributed by atoms with Gasteiger partial charge in [0.05, 0.1) is 26.4 Å². The summed E-state index contributed by atoms with van der Waals surface area (Å²) < 4.78 is 2.26. The molecule has 16 heteroatoms. The summed E-state index contributed by atoms with van der Waals surface area (Å²) in [6.07, 6.45) is 8.25. The van der Waals surface area contributed by atoms with Crippen molar-refractivity contribution in [2.45, 2.75) is 54.5 Å². The van der Waals surface area contributed by atoms with Crippen LogP contribution in [0.15, 0.2) is 92.2 Å². The van der Waals surface area contributed by atoms with Gasteiger partial charge in [-0.3, -0.25) is 4.79 Å². The van der Waals surface area contributed by atoms with Gasteiger partial charge in [0, 0.05) is 52.6 Å². The number of hydrogen-bond acceptors (Lipinski definition) is 15. The number of thiazole rings is 2. The van der Waals surface area contributed by atoms with Crippen LogP contribution in [0.5, 0.6) is 0 Å². The third kappa shape index (κ3) is 10.0. The van der Waals surface area contributed by atoms with Crippen molar-refractivity contribution in [2.24, 2.45) is 5.73 Å². The van der Waals surface area contributed by atoms with Crippen molar-refractivity contribution < 1.29 is 9.90 Å². The number of nitrogen functional groups attached to an aromatic ring is 2. The second-order valence-corrected chi connectivity index (χ2v) is 20.1. The van der Waals surface area contributed by atoms with Gasteiger partial charge in [-0.1, -0.05) is 63.1 Å². The Balaban J connectivity index is 0.000000183. The maximum absolute atomic E-state index is 12.2. The smallest absolute Gasteiger partial charge is 0.251 e. The van der Waals surface area contributed by atoms with Crippen LogP contribution < -0.4 is 22.5 Å². The number of benzene rings is 2. The number of rotatable bonds is 16. The summed E-state index contributed by atoms with van der Waals surface area (Å²) in [7, 11) is 0. The first-order valence-corrected chi connectivity index (χ1v) is 25.0. The minimum absolute atomic E-state index is 0.0889. The third-order valence-electron chi connectivity index (χ3n) is 9.45. The number of carbonyl (C=O) groups excluding carboxylic acids is 1. The van der Waals surface area contributed by atoms with Crippen molar-refractivity contribution in [3.8, 4) is 43.7 Å². The molecule has 60 heavy (non-hydrogen) atoms. The lowest BCUT2D eigenvalue weighted by Crippen LogP contribution is -2.26. The van der Waals surface area contributed by atoms with Gasteiger partial charge in [-0.2, -0.15) is 0 Å². The molecule has 0 unspecified atom stereocenters. The number of nitrogens with zero attached hydrogens (tertiary/aromatic N) is 4. The number of pyridine rings is 2. The van der Waals surface area contributed by atoms with Gasteiger partial charge in [-0.05, 0) is 76.4 Å². The van der Waals surface area contributed by atoms with Gasteiger partial charge in [0.15, 0.2) is 0 Å². The van der Waals surface area contributed by atoms with Crippen molar-refractivity contribution in [1.29, 1.82) is 0 Å². The molecule has 0 fully saturated rings. The Hall–Kier alpha value is -4.39. The molecule has 310 valence electrons. The zero-order valence-electron chi connectivity index (χ0n) is 33.3. The molecule has 10 nitrogen and oxygen atoms in total. The van der Waals surface area contributed by atoms with E-state index < -0.39 is 0 Å². The summed E-state index contributed by atoms with van der Waals surface area (Å²) >= 11 is 10.1. The van der Waals surface area contributed by atoms with Crippen molar-refractivity contribution >= 4 is 107 Å². The maximum atomic E-state index is 12.2. The Labute approximate surface area is 374 Å². The predicted molar refractivity (Wildman–Crippen MR) is 260 cm³/mol. The largest absolute Gasteiger partial charge is 0.397 e. The highest BCUT2D eigenvalue weighted by Gasteiger charge is 2.21. The second-order valence-electron chi connectivity index (χ2n) is 13.6. The van der Waals surface area contributed by atoms with Gasteiger partial charge in [0.25, 0.3) is 5.91 Å². The number of hydrogen-bond donors (Lipinski definition) is 5. The number of anilines is 2. The molecule has 8 rings (SSSR count). The number of aromatic nitrogens is 4. The predicted octanol–water partition coefficient (Wildman–Crippen LogP) is 11.3. The van der Waals surface area contributed by atoms with E-state index in [1.54, 1.807) is 75.4 Å². The van der Waals surface area contributed by atoms with Crippen LogP contribution in [0, 0.1) is 0 Å². The molecule has 0 aliphatic rings. The lowest BCUT2D eigenvalue weighted by molar-refractivity contribution is 0.0944. The van der Waals surface area contributed by atoms with Gasteiger partial charge in [-0.25, -0.2) is 19.9 Å². The summed E-state index contributed by atoms with van der Waals surface area (Å²) in [4.78, 5) is 32.7. The minimum atomic E-state index is -0.210. The number of nitrogens with one attached hydrogen (secondary N) is 1. The number of aliphatic hydroxyl groups is 1. The molecule has 1 amide bonds. The van der Waals surface area contributed by atoms with Gasteiger partial charge in [0.2, 0.25) is 0 Å². The normalized spacial score (nSPS) is 11.3. The number of carbonyl (C=O) groups is 1. The standard InChI is InChI=1S/C23H24N4O2S3.C21H22N4S3/c1-2-3-11-31-23-19(24)18-16(13-17(27-22(18)32-23)21-26-9-12-30-21)14-4-6-15(7-5-14)20(29)25-8-10-28;1-2-3-9-27-21-18(23)17-15(14-6-4-13(12-22)5-7-14)11-16(25-20(17)28-21)19-24-8-10-26-19/h4-7,9,12-13,28H,2-3,8,10-11,24H2,1H3,(H,25,29);4-8,10-11H,2-3,9,12,22-23H2,1H3. The minimum Gasteiger partial charge on any atom is -0.397 e. The molecular weight excluding hydrogens is 865 g/mol. The summed E-state index contributed by atoms with van der Waals surface area (Å²) in [5.41, 5.74) is 28.1. The fraction of sp³-hybridized carbons (Fsp3) is 0.250. The fourth-order valence-corrected chi connectivity index (χ4v) is 12.4. The molecule has 0 bridgehead atoms. The summed E-state index contributed by atoms with van der Waals surface area (Å²) in [5, 5.41) is 19.3. The van der Waals surface area contributed by atoms with Crippen molar-refractivity contribution in [3.63, 3.8) is 0 Å². The van der Waals surface area contributed by atoms with E-state index >= 15 is 0 Å². The molecule has 6 heterocycles. The Bertz CT molecular complexity index is 2640. The van der Waals surface area contributed by atoms with Gasteiger partial charge in [0.1, 0.15) is 31.1 Å². The van der Waals surface area contributed by atoms with E-state index in [4.69, 9.17) is 32.3 Å². The number of nitrogens with two attached hydrogens (primary N) is 3.